The average molecular weight is 405 g/mol. The monoisotopic (exact) mass is 404 g/mol. The lowest BCUT2D eigenvalue weighted by Crippen LogP contribution is -2.49. The molecule has 1 amide bonds. The van der Waals surface area contributed by atoms with Crippen molar-refractivity contribution in [2.45, 2.75) is 31.7 Å². The van der Waals surface area contributed by atoms with E-state index in [0.717, 1.165) is 44.5 Å². The number of carbonyl (C=O) groups is 1. The molecule has 1 aromatic carbocycles. The average Bonchev–Trinajstić information content (AvgIpc) is 3.23. The molecular formula is C22H29FN2O2S. The molecule has 152 valence electrons. The van der Waals surface area contributed by atoms with Crippen LogP contribution in [0.15, 0.2) is 41.8 Å². The van der Waals surface area contributed by atoms with Crippen LogP contribution in [0.25, 0.3) is 0 Å². The van der Waals surface area contributed by atoms with Crippen LogP contribution in [0.4, 0.5) is 4.39 Å². The van der Waals surface area contributed by atoms with Gasteiger partial charge in [0.2, 0.25) is 5.91 Å². The van der Waals surface area contributed by atoms with Crippen molar-refractivity contribution in [1.82, 2.24) is 9.80 Å². The Bertz CT molecular complexity index is 713. The molecule has 1 aromatic heterocycles. The molecule has 6 heteroatoms. The van der Waals surface area contributed by atoms with Crippen LogP contribution in [0.5, 0.6) is 0 Å². The third kappa shape index (κ3) is 6.12. The summed E-state index contributed by atoms with van der Waals surface area (Å²) in [5.74, 6) is -0.178. The molecule has 0 saturated carbocycles. The molecule has 1 saturated heterocycles. The first kappa shape index (κ1) is 21.0. The summed E-state index contributed by atoms with van der Waals surface area (Å²) in [6, 6.07) is 10.7. The zero-order valence-corrected chi connectivity index (χ0v) is 17.3. The van der Waals surface area contributed by atoms with E-state index < -0.39 is 0 Å². The van der Waals surface area contributed by atoms with Crippen molar-refractivity contribution in [3.8, 4) is 0 Å². The standard InChI is InChI=1S/C22H29FN2O2S/c1-27-15-14-25(22(26)17-18-4-6-19(23)7-5-18)20-8-11-24(12-9-20)13-10-21-3-2-16-28-21/h2-7,16,20H,8-15,17H2,1H3. The Labute approximate surface area is 170 Å². The van der Waals surface area contributed by atoms with Gasteiger partial charge in [0.25, 0.3) is 0 Å². The van der Waals surface area contributed by atoms with Crippen molar-refractivity contribution in [2.24, 2.45) is 0 Å². The van der Waals surface area contributed by atoms with Gasteiger partial charge in [-0.2, -0.15) is 0 Å². The number of thiophene rings is 1. The van der Waals surface area contributed by atoms with Crippen LogP contribution >= 0.6 is 11.3 Å². The van der Waals surface area contributed by atoms with Crippen molar-refractivity contribution in [3.63, 3.8) is 0 Å². The second-order valence-corrected chi connectivity index (χ2v) is 8.32. The summed E-state index contributed by atoms with van der Waals surface area (Å²) in [5, 5.41) is 2.13. The van der Waals surface area contributed by atoms with Crippen molar-refractivity contribution in [1.29, 1.82) is 0 Å². The Hall–Kier alpha value is -1.76. The topological polar surface area (TPSA) is 32.8 Å². The van der Waals surface area contributed by atoms with Crippen molar-refractivity contribution < 1.29 is 13.9 Å². The highest BCUT2D eigenvalue weighted by molar-refractivity contribution is 7.09. The van der Waals surface area contributed by atoms with E-state index in [0.29, 0.717) is 19.6 Å². The number of likely N-dealkylation sites (tertiary alicyclic amines) is 1. The molecule has 0 aliphatic carbocycles. The van der Waals surface area contributed by atoms with E-state index in [1.807, 2.05) is 16.2 Å². The molecule has 0 unspecified atom stereocenters. The lowest BCUT2D eigenvalue weighted by Gasteiger charge is -2.38. The number of carbonyl (C=O) groups excluding carboxylic acids is 1. The Morgan fingerprint density at radius 1 is 1.25 bits per heavy atom. The molecular weight excluding hydrogens is 375 g/mol. The van der Waals surface area contributed by atoms with E-state index in [2.05, 4.69) is 22.4 Å². The summed E-state index contributed by atoms with van der Waals surface area (Å²) in [7, 11) is 1.66. The van der Waals surface area contributed by atoms with E-state index in [1.54, 1.807) is 19.2 Å². The minimum absolute atomic E-state index is 0.0979. The fraction of sp³-hybridized carbons (Fsp3) is 0.500. The normalized spacial score (nSPS) is 15.6. The fourth-order valence-corrected chi connectivity index (χ4v) is 4.45. The van der Waals surface area contributed by atoms with E-state index in [9.17, 15) is 9.18 Å². The summed E-state index contributed by atoms with van der Waals surface area (Å²) in [5.41, 5.74) is 0.849. The van der Waals surface area contributed by atoms with Crippen LogP contribution in [0.2, 0.25) is 0 Å². The highest BCUT2D eigenvalue weighted by atomic mass is 32.1. The number of methoxy groups -OCH3 is 1. The van der Waals surface area contributed by atoms with E-state index >= 15 is 0 Å². The molecule has 4 nitrogen and oxygen atoms in total. The largest absolute Gasteiger partial charge is 0.383 e. The molecule has 0 radical (unpaired) electrons. The smallest absolute Gasteiger partial charge is 0.227 e. The summed E-state index contributed by atoms with van der Waals surface area (Å²) in [4.78, 5) is 18.8. The van der Waals surface area contributed by atoms with Gasteiger partial charge in [0.05, 0.1) is 13.0 Å². The van der Waals surface area contributed by atoms with Gasteiger partial charge in [-0.3, -0.25) is 4.79 Å². The number of hydrogen-bond acceptors (Lipinski definition) is 4. The maximum absolute atomic E-state index is 13.1. The number of benzene rings is 1. The van der Waals surface area contributed by atoms with E-state index in [1.165, 1.54) is 17.0 Å². The molecule has 3 rings (SSSR count). The zero-order chi connectivity index (χ0) is 19.8. The number of piperidine rings is 1. The SMILES string of the molecule is COCCN(C(=O)Cc1ccc(F)cc1)C1CCN(CCc2cccs2)CC1. The molecule has 2 aromatic rings. The van der Waals surface area contributed by atoms with Gasteiger partial charge in [0.15, 0.2) is 0 Å². The van der Waals surface area contributed by atoms with Crippen molar-refractivity contribution >= 4 is 17.2 Å². The fourth-order valence-electron chi connectivity index (χ4n) is 3.76. The Kier molecular flexibility index (Phi) is 8.01. The maximum atomic E-state index is 13.1. The Morgan fingerprint density at radius 2 is 2.00 bits per heavy atom. The highest BCUT2D eigenvalue weighted by Gasteiger charge is 2.27. The van der Waals surface area contributed by atoms with Gasteiger partial charge in [-0.05, 0) is 48.4 Å². The highest BCUT2D eigenvalue weighted by Crippen LogP contribution is 2.19. The zero-order valence-electron chi connectivity index (χ0n) is 16.5. The van der Waals surface area contributed by atoms with Gasteiger partial charge < -0.3 is 14.5 Å². The molecule has 1 fully saturated rings. The molecule has 1 aliphatic heterocycles. The maximum Gasteiger partial charge on any atom is 0.227 e. The van der Waals surface area contributed by atoms with Crippen LogP contribution < -0.4 is 0 Å². The number of hydrogen-bond donors (Lipinski definition) is 0. The summed E-state index contributed by atoms with van der Waals surface area (Å²) < 4.78 is 18.3. The van der Waals surface area contributed by atoms with Gasteiger partial charge in [0.1, 0.15) is 5.82 Å². The van der Waals surface area contributed by atoms with Gasteiger partial charge >= 0.3 is 0 Å². The van der Waals surface area contributed by atoms with Gasteiger partial charge in [-0.25, -0.2) is 4.39 Å². The minimum atomic E-state index is -0.276. The summed E-state index contributed by atoms with van der Waals surface area (Å²) in [6.45, 7) is 4.26. The van der Waals surface area contributed by atoms with Crippen molar-refractivity contribution in [2.75, 3.05) is 39.9 Å². The van der Waals surface area contributed by atoms with Gasteiger partial charge in [0, 0.05) is 44.2 Å². The number of rotatable bonds is 9. The number of halogens is 1. The molecule has 0 bridgehead atoms. The summed E-state index contributed by atoms with van der Waals surface area (Å²) in [6.07, 6.45) is 3.38. The molecule has 0 atom stereocenters. The Balaban J connectivity index is 1.52. The number of amides is 1. The van der Waals surface area contributed by atoms with Gasteiger partial charge in [-0.15, -0.1) is 11.3 Å². The molecule has 0 spiro atoms. The first-order chi connectivity index (χ1) is 13.7. The van der Waals surface area contributed by atoms with Crippen LogP contribution in [0.1, 0.15) is 23.3 Å². The molecule has 1 aliphatic rings. The molecule has 0 N–H and O–H groups in total. The third-order valence-corrected chi connectivity index (χ3v) is 6.31. The first-order valence-electron chi connectivity index (χ1n) is 9.93. The van der Waals surface area contributed by atoms with Crippen LogP contribution in [-0.4, -0.2) is 61.6 Å². The van der Waals surface area contributed by atoms with Gasteiger partial charge in [-0.1, -0.05) is 18.2 Å². The second-order valence-electron chi connectivity index (χ2n) is 7.29. The van der Waals surface area contributed by atoms with Crippen LogP contribution in [0, 0.1) is 5.82 Å². The predicted octanol–water partition coefficient (Wildman–Crippen LogP) is 3.61. The second kappa shape index (κ2) is 10.7. The first-order valence-corrected chi connectivity index (χ1v) is 10.8. The van der Waals surface area contributed by atoms with E-state index in [4.69, 9.17) is 4.74 Å². The number of ether oxygens (including phenoxy) is 1. The molecule has 2 heterocycles. The Morgan fingerprint density at radius 3 is 2.64 bits per heavy atom. The summed E-state index contributed by atoms with van der Waals surface area (Å²) >= 11 is 1.81. The minimum Gasteiger partial charge on any atom is -0.383 e. The number of nitrogens with zero attached hydrogens (tertiary/aromatic N) is 2. The quantitative estimate of drug-likeness (QED) is 0.640. The van der Waals surface area contributed by atoms with Crippen LogP contribution in [0.3, 0.4) is 0 Å². The van der Waals surface area contributed by atoms with Crippen LogP contribution in [-0.2, 0) is 22.4 Å². The molecule has 28 heavy (non-hydrogen) atoms. The predicted molar refractivity (Wildman–Crippen MR) is 111 cm³/mol. The van der Waals surface area contributed by atoms with Crippen molar-refractivity contribution in [3.05, 3.63) is 58.0 Å². The lowest BCUT2D eigenvalue weighted by molar-refractivity contribution is -0.134. The van der Waals surface area contributed by atoms with E-state index in [-0.39, 0.29) is 17.8 Å². The lowest BCUT2D eigenvalue weighted by atomic mass is 10.0. The third-order valence-electron chi connectivity index (χ3n) is 5.38.